The summed E-state index contributed by atoms with van der Waals surface area (Å²) in [4.78, 5) is 37.3. The minimum Gasteiger partial charge on any atom is -0.494 e. The van der Waals surface area contributed by atoms with Crippen molar-refractivity contribution in [3.63, 3.8) is 0 Å². The lowest BCUT2D eigenvalue weighted by Crippen LogP contribution is -2.29. The number of benzene rings is 2. The summed E-state index contributed by atoms with van der Waals surface area (Å²) in [5, 5.41) is 2.63. The zero-order valence-electron chi connectivity index (χ0n) is 12.6. The predicted molar refractivity (Wildman–Crippen MR) is 84.9 cm³/mol. The minimum atomic E-state index is -0.392. The van der Waals surface area contributed by atoms with E-state index in [2.05, 4.69) is 5.32 Å². The van der Waals surface area contributed by atoms with Gasteiger partial charge in [-0.3, -0.25) is 14.4 Å². The van der Waals surface area contributed by atoms with Crippen LogP contribution >= 0.6 is 0 Å². The normalized spacial score (nSPS) is 13.0. The van der Waals surface area contributed by atoms with Gasteiger partial charge in [-0.05, 0) is 24.3 Å². The molecule has 6 heteroatoms. The molecule has 3 amide bonds. The van der Waals surface area contributed by atoms with E-state index in [-0.39, 0.29) is 5.91 Å². The van der Waals surface area contributed by atoms with Gasteiger partial charge in [0.05, 0.1) is 23.9 Å². The number of carbonyl (C=O) groups is 3. The molecule has 0 fully saturated rings. The average Bonchev–Trinajstić information content (AvgIpc) is 2.79. The average molecular weight is 310 g/mol. The summed E-state index contributed by atoms with van der Waals surface area (Å²) in [6.07, 6.45) is 0. The number of nitrogens with zero attached hydrogens (tertiary/aromatic N) is 1. The third-order valence-electron chi connectivity index (χ3n) is 3.54. The minimum absolute atomic E-state index is 0.222. The first-order valence-electron chi connectivity index (χ1n) is 6.96. The van der Waals surface area contributed by atoms with Gasteiger partial charge < -0.3 is 10.1 Å². The molecular weight excluding hydrogens is 296 g/mol. The Morgan fingerprint density at radius 2 is 1.65 bits per heavy atom. The number of nitrogens with one attached hydrogen (secondary N) is 1. The molecule has 0 unspecified atom stereocenters. The van der Waals surface area contributed by atoms with Crippen LogP contribution in [0.2, 0.25) is 0 Å². The van der Waals surface area contributed by atoms with Crippen molar-refractivity contribution in [2.24, 2.45) is 0 Å². The number of amides is 3. The van der Waals surface area contributed by atoms with Gasteiger partial charge in [-0.2, -0.15) is 0 Å². The maximum absolute atomic E-state index is 12.5. The van der Waals surface area contributed by atoms with Gasteiger partial charge in [0.2, 0.25) is 5.91 Å². The number of hydrogen-bond donors (Lipinski definition) is 1. The maximum Gasteiger partial charge on any atom is 0.266 e. The van der Waals surface area contributed by atoms with Crippen LogP contribution < -0.4 is 15.0 Å². The number of anilines is 2. The van der Waals surface area contributed by atoms with Gasteiger partial charge in [-0.1, -0.05) is 12.1 Å². The molecule has 3 rings (SSSR count). The molecular formula is C17H14N2O4. The van der Waals surface area contributed by atoms with Crippen LogP contribution in [0.5, 0.6) is 5.75 Å². The first kappa shape index (κ1) is 14.8. The summed E-state index contributed by atoms with van der Waals surface area (Å²) in [6, 6.07) is 11.4. The lowest BCUT2D eigenvalue weighted by atomic mass is 10.1. The monoisotopic (exact) mass is 310 g/mol. The van der Waals surface area contributed by atoms with Crippen molar-refractivity contribution in [3.05, 3.63) is 53.6 Å². The number of imide groups is 1. The fourth-order valence-electron chi connectivity index (χ4n) is 2.55. The molecule has 1 aliphatic heterocycles. The highest BCUT2D eigenvalue weighted by molar-refractivity contribution is 6.34. The quantitative estimate of drug-likeness (QED) is 0.884. The molecule has 116 valence electrons. The van der Waals surface area contributed by atoms with E-state index in [1.165, 1.54) is 14.0 Å². The Hall–Kier alpha value is -3.15. The Morgan fingerprint density at radius 1 is 1.04 bits per heavy atom. The van der Waals surface area contributed by atoms with Crippen LogP contribution in [0.3, 0.4) is 0 Å². The Bertz CT molecular complexity index is 794. The molecule has 0 spiro atoms. The zero-order valence-corrected chi connectivity index (χ0v) is 12.6. The molecule has 2 aromatic carbocycles. The van der Waals surface area contributed by atoms with Gasteiger partial charge in [-0.25, -0.2) is 4.90 Å². The largest absolute Gasteiger partial charge is 0.494 e. The summed E-state index contributed by atoms with van der Waals surface area (Å²) >= 11 is 0. The van der Waals surface area contributed by atoms with Gasteiger partial charge in [0, 0.05) is 18.7 Å². The van der Waals surface area contributed by atoms with Crippen LogP contribution in [0.25, 0.3) is 0 Å². The highest BCUT2D eigenvalue weighted by Crippen LogP contribution is 2.36. The van der Waals surface area contributed by atoms with E-state index in [0.717, 1.165) is 4.90 Å². The number of fused-ring (bicyclic) bond motifs is 1. The molecule has 0 aliphatic carbocycles. The summed E-state index contributed by atoms with van der Waals surface area (Å²) in [7, 11) is 1.44. The molecule has 2 aromatic rings. The van der Waals surface area contributed by atoms with Crippen LogP contribution in [-0.4, -0.2) is 24.8 Å². The highest BCUT2D eigenvalue weighted by atomic mass is 16.5. The lowest BCUT2D eigenvalue weighted by Gasteiger charge is -2.18. The lowest BCUT2D eigenvalue weighted by molar-refractivity contribution is -0.114. The number of methoxy groups -OCH3 is 1. The maximum atomic E-state index is 12.5. The Labute approximate surface area is 132 Å². The number of ether oxygens (including phenoxy) is 1. The molecule has 0 saturated carbocycles. The number of rotatable bonds is 3. The first-order chi connectivity index (χ1) is 11.0. The summed E-state index contributed by atoms with van der Waals surface area (Å²) in [5.74, 6) is -0.682. The summed E-state index contributed by atoms with van der Waals surface area (Å²) < 4.78 is 5.28. The molecule has 0 radical (unpaired) electrons. The smallest absolute Gasteiger partial charge is 0.266 e. The Kier molecular flexibility index (Phi) is 3.57. The Balaban J connectivity index is 2.04. The topological polar surface area (TPSA) is 75.7 Å². The van der Waals surface area contributed by atoms with Crippen LogP contribution in [0.15, 0.2) is 42.5 Å². The second-order valence-electron chi connectivity index (χ2n) is 5.06. The van der Waals surface area contributed by atoms with Crippen molar-refractivity contribution < 1.29 is 19.1 Å². The molecule has 6 nitrogen and oxygen atoms in total. The van der Waals surface area contributed by atoms with Crippen molar-refractivity contribution >= 4 is 29.1 Å². The number of hydrogen-bond acceptors (Lipinski definition) is 4. The van der Waals surface area contributed by atoms with E-state index >= 15 is 0 Å². The van der Waals surface area contributed by atoms with Crippen LogP contribution in [0.1, 0.15) is 27.6 Å². The van der Waals surface area contributed by atoms with Crippen LogP contribution in [0, 0.1) is 0 Å². The van der Waals surface area contributed by atoms with Crippen LogP contribution in [-0.2, 0) is 4.79 Å². The van der Waals surface area contributed by atoms with Crippen molar-refractivity contribution in [1.29, 1.82) is 0 Å². The second-order valence-corrected chi connectivity index (χ2v) is 5.06. The molecule has 1 heterocycles. The van der Waals surface area contributed by atoms with E-state index in [0.29, 0.717) is 28.3 Å². The molecule has 1 N–H and O–H groups in total. The number of carbonyl (C=O) groups excluding carboxylic acids is 3. The summed E-state index contributed by atoms with van der Waals surface area (Å²) in [5.41, 5.74) is 1.60. The SMILES string of the molecule is COc1cc(NC(C)=O)ccc1N1C(=O)c2ccccc2C1=O. The molecule has 1 aliphatic rings. The second kappa shape index (κ2) is 5.57. The molecule has 0 atom stereocenters. The van der Waals surface area contributed by atoms with Gasteiger partial charge in [-0.15, -0.1) is 0 Å². The first-order valence-corrected chi connectivity index (χ1v) is 6.96. The van der Waals surface area contributed by atoms with Gasteiger partial charge >= 0.3 is 0 Å². The fraction of sp³-hybridized carbons (Fsp3) is 0.118. The van der Waals surface area contributed by atoms with Gasteiger partial charge in [0.25, 0.3) is 11.8 Å². The molecule has 0 aromatic heterocycles. The van der Waals surface area contributed by atoms with E-state index in [1.54, 1.807) is 42.5 Å². The Morgan fingerprint density at radius 3 is 2.17 bits per heavy atom. The van der Waals surface area contributed by atoms with Crippen LogP contribution in [0.4, 0.5) is 11.4 Å². The predicted octanol–water partition coefficient (Wildman–Crippen LogP) is 2.45. The van der Waals surface area contributed by atoms with E-state index in [4.69, 9.17) is 4.74 Å². The van der Waals surface area contributed by atoms with Gasteiger partial charge in [0.1, 0.15) is 5.75 Å². The third kappa shape index (κ3) is 2.44. The molecule has 23 heavy (non-hydrogen) atoms. The fourth-order valence-corrected chi connectivity index (χ4v) is 2.55. The van der Waals surface area contributed by atoms with E-state index < -0.39 is 11.8 Å². The van der Waals surface area contributed by atoms with Gasteiger partial charge in [0.15, 0.2) is 0 Å². The zero-order chi connectivity index (χ0) is 16.6. The van der Waals surface area contributed by atoms with E-state index in [9.17, 15) is 14.4 Å². The van der Waals surface area contributed by atoms with E-state index in [1.807, 2.05) is 0 Å². The molecule has 0 saturated heterocycles. The standard InChI is InChI=1S/C17H14N2O4/c1-10(20)18-11-7-8-14(15(9-11)23-2)19-16(21)12-5-3-4-6-13(12)17(19)22/h3-9H,1-2H3,(H,18,20). The molecule has 0 bridgehead atoms. The van der Waals surface area contributed by atoms with Crippen molar-refractivity contribution in [3.8, 4) is 5.75 Å². The highest BCUT2D eigenvalue weighted by Gasteiger charge is 2.37. The van der Waals surface area contributed by atoms with Crippen molar-refractivity contribution in [2.75, 3.05) is 17.3 Å². The summed E-state index contributed by atoms with van der Waals surface area (Å²) in [6.45, 7) is 1.39. The van der Waals surface area contributed by atoms with Crippen molar-refractivity contribution in [2.45, 2.75) is 6.92 Å². The third-order valence-corrected chi connectivity index (χ3v) is 3.54. The van der Waals surface area contributed by atoms with Crippen molar-refractivity contribution in [1.82, 2.24) is 0 Å².